The number of ether oxygens (including phenoxy) is 1. The molecule has 2 saturated heterocycles. The van der Waals surface area contributed by atoms with Gasteiger partial charge in [0.15, 0.2) is 0 Å². The predicted octanol–water partition coefficient (Wildman–Crippen LogP) is -5.09. The Hall–Kier alpha value is -2.67. The maximum Gasteiger partial charge on any atom is 0.255 e. The summed E-state index contributed by atoms with van der Waals surface area (Å²) in [6.45, 7) is 1.57. The van der Waals surface area contributed by atoms with Gasteiger partial charge < -0.3 is 14.5 Å². The lowest BCUT2D eigenvalue weighted by Gasteiger charge is -2.68. The molecule has 0 spiro atoms. The van der Waals surface area contributed by atoms with Crippen molar-refractivity contribution in [3.63, 3.8) is 0 Å². The highest BCUT2D eigenvalue weighted by atomic mass is 16.5. The van der Waals surface area contributed by atoms with Gasteiger partial charge in [-0.15, -0.1) is 0 Å². The van der Waals surface area contributed by atoms with Crippen molar-refractivity contribution >= 4 is 80.5 Å². The van der Waals surface area contributed by atoms with E-state index in [1.807, 2.05) is 12.1 Å². The van der Waals surface area contributed by atoms with Crippen LogP contribution in [-0.4, -0.2) is 108 Å². The summed E-state index contributed by atoms with van der Waals surface area (Å²) in [6.07, 6.45) is 0.577. The maximum absolute atomic E-state index is 13.1. The van der Waals surface area contributed by atoms with Crippen LogP contribution in [0.2, 0.25) is 16.2 Å². The van der Waals surface area contributed by atoms with Crippen LogP contribution in [0, 0.1) is 0 Å². The molecule has 0 radical (unpaired) electrons. The molecule has 2 fully saturated rings. The fraction of sp³-hybridized carbons (Fsp3) is 0.423. The number of rotatable bonds is 6. The van der Waals surface area contributed by atoms with Crippen molar-refractivity contribution < 1.29 is 19.1 Å². The van der Waals surface area contributed by atoms with E-state index in [0.717, 1.165) is 17.7 Å². The molecule has 2 aromatic carbocycles. The van der Waals surface area contributed by atoms with Crippen LogP contribution in [-0.2, 0) is 29.3 Å². The molecule has 0 aliphatic carbocycles. The number of piperidine rings is 2. The van der Waals surface area contributed by atoms with Gasteiger partial charge in [-0.1, -0.05) is 46.6 Å². The summed E-state index contributed by atoms with van der Waals surface area (Å²) >= 11 is 0. The van der Waals surface area contributed by atoms with Gasteiger partial charge in [0, 0.05) is 24.1 Å². The highest BCUT2D eigenvalue weighted by Crippen LogP contribution is 2.61. The largest absolute Gasteiger partial charge is 0.489 e. The van der Waals surface area contributed by atoms with E-state index in [9.17, 15) is 14.4 Å². The molecule has 3 amide bonds. The van der Waals surface area contributed by atoms with E-state index in [4.69, 9.17) is 4.74 Å². The van der Waals surface area contributed by atoms with Crippen molar-refractivity contribution in [2.45, 2.75) is 66.1 Å². The molecule has 3 aliphatic rings. The fourth-order valence-electron chi connectivity index (χ4n) is 7.23. The average molecular weight is 542 g/mol. The summed E-state index contributed by atoms with van der Waals surface area (Å²) < 4.78 is 6.22. The average Bonchev–Trinajstić information content (AvgIpc) is 3.26. The number of carbonyl (C=O) groups is 3. The second kappa shape index (κ2) is 10.6. The number of likely N-dealkylation sites (tertiary alicyclic amines) is 1. The lowest BCUT2D eigenvalue weighted by Crippen LogP contribution is -2.71. The van der Waals surface area contributed by atoms with Gasteiger partial charge in [0.25, 0.3) is 5.91 Å². The van der Waals surface area contributed by atoms with Crippen LogP contribution in [0.5, 0.6) is 5.75 Å². The third-order valence-corrected chi connectivity index (χ3v) is 11.5. The second-order valence-electron chi connectivity index (χ2n) is 13.9. The Morgan fingerprint density at radius 1 is 0.927 bits per heavy atom. The van der Waals surface area contributed by atoms with E-state index >= 15 is 0 Å². The maximum atomic E-state index is 13.1. The number of nitrogens with one attached hydrogen (secondary N) is 1. The van der Waals surface area contributed by atoms with E-state index in [0.29, 0.717) is 42.6 Å². The first-order valence-electron chi connectivity index (χ1n) is 14.9. The van der Waals surface area contributed by atoms with E-state index in [1.165, 1.54) is 5.56 Å². The van der Waals surface area contributed by atoms with Gasteiger partial charge in [0.05, 0.1) is 37.9 Å². The number of hydrogen-bond acceptors (Lipinski definition) is 5. The third-order valence-electron chi connectivity index (χ3n) is 11.5. The van der Waals surface area contributed by atoms with Crippen molar-refractivity contribution in [2.75, 3.05) is 0 Å². The van der Waals surface area contributed by atoms with E-state index < -0.39 is 11.9 Å². The van der Waals surface area contributed by atoms with Gasteiger partial charge >= 0.3 is 0 Å². The highest BCUT2D eigenvalue weighted by molar-refractivity contribution is 6.63. The van der Waals surface area contributed by atoms with Crippen LogP contribution < -0.4 is 10.1 Å². The van der Waals surface area contributed by atoms with Crippen LogP contribution in [0.3, 0.4) is 0 Å². The summed E-state index contributed by atoms with van der Waals surface area (Å²) in [5, 5.41) is 2.73. The van der Waals surface area contributed by atoms with Gasteiger partial charge in [0.1, 0.15) is 49.8 Å². The molecule has 3 heterocycles. The van der Waals surface area contributed by atoms with Crippen molar-refractivity contribution in [1.29, 1.82) is 0 Å². The normalized spacial score (nSPS) is 26.8. The van der Waals surface area contributed by atoms with Gasteiger partial charge in [-0.25, -0.2) is 0 Å². The van der Waals surface area contributed by atoms with Crippen LogP contribution >= 0.6 is 0 Å². The number of fused-ring (bicyclic) bond motifs is 1. The summed E-state index contributed by atoms with van der Waals surface area (Å²) in [6, 6.07) is 13.5. The molecule has 3 aliphatic heterocycles. The van der Waals surface area contributed by atoms with Gasteiger partial charge in [-0.05, 0) is 41.0 Å². The van der Waals surface area contributed by atoms with Crippen LogP contribution in [0.4, 0.5) is 0 Å². The molecular weight excluding hydrogens is 505 g/mol. The second-order valence-corrected chi connectivity index (χ2v) is 13.9. The van der Waals surface area contributed by atoms with E-state index in [1.54, 1.807) is 11.0 Å². The lowest BCUT2D eigenvalue weighted by molar-refractivity contribution is -0.136. The molecule has 41 heavy (non-hydrogen) atoms. The highest BCUT2D eigenvalue weighted by Gasteiger charge is 2.57. The number of amides is 3. The summed E-state index contributed by atoms with van der Waals surface area (Å²) in [5.41, 5.74) is 3.68. The third kappa shape index (κ3) is 4.92. The first-order chi connectivity index (χ1) is 19.2. The molecule has 5 rings (SSSR count). The zero-order valence-electron chi connectivity index (χ0n) is 25.8. The quantitative estimate of drug-likeness (QED) is 0.292. The Bertz CT molecular complexity index is 1390. The molecule has 15 heteroatoms. The SMILES string of the molecule is BC1C(B)C(B)(B)C(B)(B)C(B)(B)N1Cc1ccc(COc2cccc3c2CN(C2CCC(=O)NC2=O)C3=O)cc1. The molecule has 3 atom stereocenters. The first kappa shape index (κ1) is 29.8. The molecule has 7 nitrogen and oxygen atoms in total. The minimum atomic E-state index is -0.639. The van der Waals surface area contributed by atoms with Gasteiger partial charge in [-0.3, -0.25) is 19.7 Å². The number of imide groups is 1. The molecular formula is C26H37B8N3O4. The van der Waals surface area contributed by atoms with Crippen LogP contribution in [0.25, 0.3) is 0 Å². The molecule has 1 N–H and O–H groups in total. The zero-order chi connectivity index (χ0) is 29.9. The van der Waals surface area contributed by atoms with E-state index in [2.05, 4.69) is 97.3 Å². The molecule has 0 aromatic heterocycles. The Morgan fingerprint density at radius 2 is 1.59 bits per heavy atom. The summed E-state index contributed by atoms with van der Waals surface area (Å²) in [7, 11) is 19.2. The topological polar surface area (TPSA) is 79.0 Å². The van der Waals surface area contributed by atoms with Crippen molar-refractivity contribution in [1.82, 2.24) is 15.1 Å². The van der Waals surface area contributed by atoms with Crippen molar-refractivity contribution in [2.24, 2.45) is 0 Å². The Kier molecular flexibility index (Phi) is 7.67. The predicted molar refractivity (Wildman–Crippen MR) is 183 cm³/mol. The minimum absolute atomic E-state index is 0.0248. The Morgan fingerprint density at radius 3 is 2.24 bits per heavy atom. The number of benzene rings is 2. The number of nitrogens with zero attached hydrogens (tertiary/aromatic N) is 2. The summed E-state index contributed by atoms with van der Waals surface area (Å²) in [5.74, 6) is 0.774. The molecule has 2 aromatic rings. The minimum Gasteiger partial charge on any atom is -0.489 e. The Balaban J connectivity index is 1.26. The smallest absolute Gasteiger partial charge is 0.255 e. The zero-order valence-corrected chi connectivity index (χ0v) is 25.8. The molecule has 0 bridgehead atoms. The van der Waals surface area contributed by atoms with Gasteiger partial charge in [-0.2, -0.15) is 0 Å². The van der Waals surface area contributed by atoms with Crippen molar-refractivity contribution in [3.05, 3.63) is 64.7 Å². The molecule has 204 valence electrons. The molecule has 3 unspecified atom stereocenters. The fourth-order valence-corrected chi connectivity index (χ4v) is 7.23. The Labute approximate surface area is 250 Å². The monoisotopic (exact) mass is 543 g/mol. The van der Waals surface area contributed by atoms with Crippen molar-refractivity contribution in [3.8, 4) is 5.75 Å². The van der Waals surface area contributed by atoms with Crippen LogP contribution in [0.1, 0.15) is 39.9 Å². The molecule has 0 saturated carbocycles. The summed E-state index contributed by atoms with van der Waals surface area (Å²) in [4.78, 5) is 41.3. The van der Waals surface area contributed by atoms with Crippen LogP contribution in [0.15, 0.2) is 42.5 Å². The first-order valence-corrected chi connectivity index (χ1v) is 14.9. The number of hydrogen-bond donors (Lipinski definition) is 1. The van der Waals surface area contributed by atoms with E-state index in [-0.39, 0.29) is 34.0 Å². The standard InChI is InChI=1S/C26H37B8N3O4/c27-20-21(28)37(26(33,34)25(31,32)24(20,29)30)10-13-4-6-14(7-5-13)12-41-18-3-1-2-15-16(18)11-36(23(15)40)17-8-9-19(38)35-22(17)39/h1-7,17,20-21H,8-12,27-34H2,(H,35,38,39). The van der Waals surface area contributed by atoms with Gasteiger partial charge in [0.2, 0.25) is 11.8 Å². The lowest BCUT2D eigenvalue weighted by atomic mass is 9.14. The number of carbonyl (C=O) groups excluding carboxylic acids is 3.